The van der Waals surface area contributed by atoms with Crippen LogP contribution < -0.4 is 0 Å². The number of carbonyl (C=O) groups excluding carboxylic acids is 1. The number of amides is 1. The fourth-order valence-electron chi connectivity index (χ4n) is 5.59. The van der Waals surface area contributed by atoms with E-state index in [0.717, 1.165) is 43.2 Å². The molecule has 2 aromatic carbocycles. The summed E-state index contributed by atoms with van der Waals surface area (Å²) in [5.74, 6) is -0.429. The number of hydrogen-bond donors (Lipinski definition) is 1. The molecule has 2 aromatic rings. The highest BCUT2D eigenvalue weighted by Crippen LogP contribution is 2.47. The lowest BCUT2D eigenvalue weighted by Gasteiger charge is -2.45. The van der Waals surface area contributed by atoms with E-state index in [1.54, 1.807) is 36.4 Å². The third-order valence-corrected chi connectivity index (χ3v) is 7.36. The molecule has 1 spiro atoms. The predicted octanol–water partition coefficient (Wildman–Crippen LogP) is 6.75. The van der Waals surface area contributed by atoms with Crippen molar-refractivity contribution in [3.05, 3.63) is 70.2 Å². The first-order chi connectivity index (χ1) is 16.0. The van der Waals surface area contributed by atoms with E-state index in [1.165, 1.54) is 0 Å². The number of carboxylic acids is 1. The van der Waals surface area contributed by atoms with Gasteiger partial charge in [0.05, 0.1) is 11.6 Å². The molecule has 0 aromatic heterocycles. The third-order valence-electron chi connectivity index (χ3n) is 7.12. The summed E-state index contributed by atoms with van der Waals surface area (Å²) in [4.78, 5) is 32.2. The van der Waals surface area contributed by atoms with Gasteiger partial charge in [-0.2, -0.15) is 0 Å². The van der Waals surface area contributed by atoms with Crippen LogP contribution in [0, 0.1) is 11.3 Å². The third kappa shape index (κ3) is 4.90. The highest BCUT2D eigenvalue weighted by atomic mass is 35.5. The number of benzene rings is 2. The van der Waals surface area contributed by atoms with Gasteiger partial charge in [0.1, 0.15) is 11.4 Å². The zero-order valence-corrected chi connectivity index (χ0v) is 21.1. The number of aliphatic imine (C=N–C) groups is 1. The summed E-state index contributed by atoms with van der Waals surface area (Å²) < 4.78 is 0. The quantitative estimate of drug-likeness (QED) is 0.514. The fraction of sp³-hybridized carbons (Fsp3) is 0.464. The molecule has 0 radical (unpaired) electrons. The van der Waals surface area contributed by atoms with Crippen molar-refractivity contribution in [3.8, 4) is 0 Å². The average Bonchev–Trinajstić information content (AvgIpc) is 3.06. The van der Waals surface area contributed by atoms with Crippen molar-refractivity contribution in [3.63, 3.8) is 0 Å². The lowest BCUT2D eigenvalue weighted by molar-refractivity contribution is -0.132. The maximum absolute atomic E-state index is 13.8. The summed E-state index contributed by atoms with van der Waals surface area (Å²) in [5, 5.41) is 9.84. The Bertz CT molecular complexity index is 1110. The number of hydrogen-bond acceptors (Lipinski definition) is 3. The van der Waals surface area contributed by atoms with Gasteiger partial charge in [-0.3, -0.25) is 9.79 Å². The van der Waals surface area contributed by atoms with Gasteiger partial charge in [-0.15, -0.1) is 0 Å². The summed E-state index contributed by atoms with van der Waals surface area (Å²) in [7, 11) is 0. The SMILES string of the molecule is C[C@H](c1ccc(C(=O)O)cc1)N1C(=O)C(c2cccc(Cl)c2)=NC12CCC(CC(C)(C)C)CC2. The van der Waals surface area contributed by atoms with Crippen molar-refractivity contribution in [1.82, 2.24) is 4.90 Å². The van der Waals surface area contributed by atoms with Crippen LogP contribution >= 0.6 is 11.6 Å². The van der Waals surface area contributed by atoms with Gasteiger partial charge < -0.3 is 10.0 Å². The van der Waals surface area contributed by atoms with Gasteiger partial charge >= 0.3 is 5.97 Å². The minimum absolute atomic E-state index is 0.0913. The molecule has 1 saturated carbocycles. The van der Waals surface area contributed by atoms with E-state index in [0.29, 0.717) is 16.7 Å². The molecule has 180 valence electrons. The number of carboxylic acid groups (broad SMARTS) is 1. The maximum atomic E-state index is 13.8. The fourth-order valence-corrected chi connectivity index (χ4v) is 5.78. The van der Waals surface area contributed by atoms with E-state index in [4.69, 9.17) is 16.6 Å². The minimum atomic E-state index is -0.961. The summed E-state index contributed by atoms with van der Waals surface area (Å²) in [6.45, 7) is 8.84. The Morgan fingerprint density at radius 1 is 1.18 bits per heavy atom. The Morgan fingerprint density at radius 3 is 2.38 bits per heavy atom. The topological polar surface area (TPSA) is 70.0 Å². The Hall–Kier alpha value is -2.66. The first-order valence-corrected chi connectivity index (χ1v) is 12.4. The molecule has 0 saturated heterocycles. The molecule has 4 rings (SSSR count). The average molecular weight is 481 g/mol. The van der Waals surface area contributed by atoms with E-state index >= 15 is 0 Å². The van der Waals surface area contributed by atoms with Gasteiger partial charge in [0.25, 0.3) is 5.91 Å². The van der Waals surface area contributed by atoms with Crippen LogP contribution in [0.25, 0.3) is 0 Å². The highest BCUT2D eigenvalue weighted by molar-refractivity contribution is 6.47. The second-order valence-corrected chi connectivity index (χ2v) is 11.4. The minimum Gasteiger partial charge on any atom is -0.478 e. The van der Waals surface area contributed by atoms with Crippen molar-refractivity contribution in [2.75, 3.05) is 0 Å². The second-order valence-electron chi connectivity index (χ2n) is 10.9. The van der Waals surface area contributed by atoms with E-state index in [1.807, 2.05) is 24.0 Å². The zero-order chi connectivity index (χ0) is 24.7. The molecule has 6 heteroatoms. The van der Waals surface area contributed by atoms with Crippen LogP contribution in [0.4, 0.5) is 0 Å². The molecule has 34 heavy (non-hydrogen) atoms. The largest absolute Gasteiger partial charge is 0.478 e. The molecule has 1 aliphatic carbocycles. The highest BCUT2D eigenvalue weighted by Gasteiger charge is 2.51. The second kappa shape index (κ2) is 9.18. The first kappa shape index (κ1) is 24.5. The number of aromatic carboxylic acids is 1. The van der Waals surface area contributed by atoms with E-state index in [9.17, 15) is 14.7 Å². The summed E-state index contributed by atoms with van der Waals surface area (Å²) in [6, 6.07) is 13.9. The van der Waals surface area contributed by atoms with Crippen molar-refractivity contribution in [1.29, 1.82) is 0 Å². The van der Waals surface area contributed by atoms with Crippen molar-refractivity contribution < 1.29 is 14.7 Å². The van der Waals surface area contributed by atoms with E-state index in [-0.39, 0.29) is 22.9 Å². The number of halogens is 1. The van der Waals surface area contributed by atoms with E-state index in [2.05, 4.69) is 20.8 Å². The lowest BCUT2D eigenvalue weighted by Crippen LogP contribution is -2.50. The Morgan fingerprint density at radius 2 is 1.82 bits per heavy atom. The van der Waals surface area contributed by atoms with Gasteiger partial charge in [0, 0.05) is 10.6 Å². The predicted molar refractivity (Wildman–Crippen MR) is 135 cm³/mol. The normalized spacial score (nSPS) is 23.8. The molecule has 1 fully saturated rings. The van der Waals surface area contributed by atoms with Crippen LogP contribution in [0.3, 0.4) is 0 Å². The van der Waals surface area contributed by atoms with Gasteiger partial charge in [0.2, 0.25) is 0 Å². The first-order valence-electron chi connectivity index (χ1n) is 12.0. The van der Waals surface area contributed by atoms with Crippen LogP contribution in [0.15, 0.2) is 53.5 Å². The maximum Gasteiger partial charge on any atom is 0.335 e. The van der Waals surface area contributed by atoms with Crippen molar-refractivity contribution >= 4 is 29.2 Å². The van der Waals surface area contributed by atoms with Gasteiger partial charge in [0.15, 0.2) is 0 Å². The van der Waals surface area contributed by atoms with Crippen molar-refractivity contribution in [2.24, 2.45) is 16.3 Å². The molecular weight excluding hydrogens is 448 g/mol. The molecule has 5 nitrogen and oxygen atoms in total. The Labute approximate surface area is 206 Å². The summed E-state index contributed by atoms with van der Waals surface area (Å²) >= 11 is 6.24. The summed E-state index contributed by atoms with van der Waals surface area (Å²) in [5.41, 5.74) is 2.02. The molecule has 2 aliphatic rings. The number of rotatable bonds is 5. The molecule has 0 bridgehead atoms. The molecule has 1 heterocycles. The molecule has 0 unspecified atom stereocenters. The van der Waals surface area contributed by atoms with Crippen LogP contribution in [-0.2, 0) is 4.79 Å². The summed E-state index contributed by atoms with van der Waals surface area (Å²) in [6.07, 6.45) is 4.85. The van der Waals surface area contributed by atoms with Crippen LogP contribution in [-0.4, -0.2) is 33.3 Å². The molecule has 1 aliphatic heterocycles. The van der Waals surface area contributed by atoms with Gasteiger partial charge in [-0.1, -0.05) is 56.6 Å². The molecule has 1 N–H and O–H groups in total. The standard InChI is InChI=1S/C28H33ClN2O3/c1-18(20-8-10-21(11-9-20)26(33)34)31-25(32)24(22-6-5-7-23(29)16-22)30-28(31)14-12-19(13-15-28)17-27(2,3)4/h5-11,16,18-19H,12-15,17H2,1-4H3,(H,33,34)/t18-,19?,28?/m1/s1. The van der Waals surface area contributed by atoms with Gasteiger partial charge in [-0.25, -0.2) is 4.79 Å². The van der Waals surface area contributed by atoms with Gasteiger partial charge in [-0.05, 0) is 80.2 Å². The molecular formula is C28H33ClN2O3. The van der Waals surface area contributed by atoms with Crippen LogP contribution in [0.1, 0.15) is 87.3 Å². The Kier molecular flexibility index (Phi) is 6.61. The molecule has 1 atom stereocenters. The Balaban J connectivity index is 1.69. The number of nitrogens with zero attached hydrogens (tertiary/aromatic N) is 2. The smallest absolute Gasteiger partial charge is 0.335 e. The lowest BCUT2D eigenvalue weighted by atomic mass is 9.74. The van der Waals surface area contributed by atoms with Crippen LogP contribution in [0.5, 0.6) is 0 Å². The monoisotopic (exact) mass is 480 g/mol. The van der Waals surface area contributed by atoms with Crippen molar-refractivity contribution in [2.45, 2.75) is 71.5 Å². The zero-order valence-electron chi connectivity index (χ0n) is 20.3. The number of carbonyl (C=O) groups is 2. The van der Waals surface area contributed by atoms with Crippen LogP contribution in [0.2, 0.25) is 5.02 Å². The van der Waals surface area contributed by atoms with E-state index < -0.39 is 11.6 Å². The molecule has 1 amide bonds.